The molecule has 0 bridgehead atoms. The quantitative estimate of drug-likeness (QED) is 0.717. The van der Waals surface area contributed by atoms with Gasteiger partial charge < -0.3 is 10.2 Å². The molecule has 0 aromatic carbocycles. The molecule has 0 aromatic heterocycles. The van der Waals surface area contributed by atoms with Crippen molar-refractivity contribution >= 4 is 18.3 Å². The van der Waals surface area contributed by atoms with Crippen LogP contribution < -0.4 is 5.32 Å². The molecular formula is C10H19ClN2O. The minimum Gasteiger partial charge on any atom is -0.336 e. The molecule has 2 saturated heterocycles. The molecule has 3 nitrogen and oxygen atoms in total. The van der Waals surface area contributed by atoms with Crippen molar-refractivity contribution in [3.05, 3.63) is 0 Å². The van der Waals surface area contributed by atoms with Crippen LogP contribution in [0.15, 0.2) is 0 Å². The van der Waals surface area contributed by atoms with Gasteiger partial charge in [0.2, 0.25) is 5.91 Å². The van der Waals surface area contributed by atoms with E-state index < -0.39 is 0 Å². The molecule has 2 aliphatic rings. The summed E-state index contributed by atoms with van der Waals surface area (Å²) in [7, 11) is 0. The zero-order valence-electron chi connectivity index (χ0n) is 8.88. The zero-order chi connectivity index (χ0) is 9.47. The van der Waals surface area contributed by atoms with Crippen molar-refractivity contribution in [2.75, 3.05) is 13.1 Å². The molecule has 1 amide bonds. The Balaban J connectivity index is 0.000000980. The first-order valence-corrected chi connectivity index (χ1v) is 5.16. The number of carbonyl (C=O) groups excluding carboxylic acids is 1. The van der Waals surface area contributed by atoms with E-state index in [1.54, 1.807) is 0 Å². The summed E-state index contributed by atoms with van der Waals surface area (Å²) in [5.74, 6) is 0.314. The Hall–Kier alpha value is -0.280. The smallest absolute Gasteiger partial charge is 0.240 e. The molecule has 0 aromatic rings. The average Bonchev–Trinajstić information content (AvgIpc) is 2.54. The van der Waals surface area contributed by atoms with E-state index in [-0.39, 0.29) is 24.0 Å². The Morgan fingerprint density at radius 3 is 2.57 bits per heavy atom. The van der Waals surface area contributed by atoms with E-state index in [2.05, 4.69) is 19.2 Å². The fraction of sp³-hybridized carbons (Fsp3) is 0.900. The van der Waals surface area contributed by atoms with Crippen molar-refractivity contribution in [2.24, 2.45) is 0 Å². The Bertz CT molecular complexity index is 224. The lowest BCUT2D eigenvalue weighted by atomic mass is 9.88. The van der Waals surface area contributed by atoms with Crippen molar-refractivity contribution in [2.45, 2.75) is 44.7 Å². The highest BCUT2D eigenvalue weighted by Gasteiger charge is 2.41. The van der Waals surface area contributed by atoms with E-state index in [4.69, 9.17) is 0 Å². The van der Waals surface area contributed by atoms with Gasteiger partial charge in [0.15, 0.2) is 0 Å². The first-order chi connectivity index (χ1) is 6.11. The molecule has 2 rings (SSSR count). The lowest BCUT2D eigenvalue weighted by molar-refractivity contribution is -0.146. The molecule has 2 fully saturated rings. The second kappa shape index (κ2) is 4.07. The SMILES string of the molecule is CC1(C)CCN1C(=O)C1CCCN1.Cl. The second-order valence-corrected chi connectivity index (χ2v) is 4.70. The maximum Gasteiger partial charge on any atom is 0.240 e. The number of nitrogens with one attached hydrogen (secondary N) is 1. The van der Waals surface area contributed by atoms with Crippen LogP contribution in [0.3, 0.4) is 0 Å². The molecule has 4 heteroatoms. The summed E-state index contributed by atoms with van der Waals surface area (Å²) in [6.07, 6.45) is 3.31. The van der Waals surface area contributed by atoms with Gasteiger partial charge in [-0.05, 0) is 39.7 Å². The summed E-state index contributed by atoms with van der Waals surface area (Å²) in [4.78, 5) is 13.9. The van der Waals surface area contributed by atoms with Crippen LogP contribution in [-0.2, 0) is 4.79 Å². The van der Waals surface area contributed by atoms with Gasteiger partial charge in [0.05, 0.1) is 6.04 Å². The summed E-state index contributed by atoms with van der Waals surface area (Å²) >= 11 is 0. The average molecular weight is 219 g/mol. The molecule has 0 aliphatic carbocycles. The standard InChI is InChI=1S/C10H18N2O.ClH/c1-10(2)5-7-12(10)9(13)8-4-3-6-11-8;/h8,11H,3-7H2,1-2H3;1H. The van der Waals surface area contributed by atoms with Gasteiger partial charge in [-0.15, -0.1) is 12.4 Å². The monoisotopic (exact) mass is 218 g/mol. The summed E-state index contributed by atoms with van der Waals surface area (Å²) < 4.78 is 0. The van der Waals surface area contributed by atoms with Crippen LogP contribution in [0.1, 0.15) is 33.1 Å². The second-order valence-electron chi connectivity index (χ2n) is 4.70. The third-order valence-electron chi connectivity index (χ3n) is 3.30. The predicted molar refractivity (Wildman–Crippen MR) is 58.7 cm³/mol. The van der Waals surface area contributed by atoms with Crippen LogP contribution in [0.2, 0.25) is 0 Å². The Kier molecular flexibility index (Phi) is 3.43. The summed E-state index contributed by atoms with van der Waals surface area (Å²) in [5, 5.41) is 3.25. The fourth-order valence-corrected chi connectivity index (χ4v) is 2.16. The molecule has 0 radical (unpaired) electrons. The summed E-state index contributed by atoms with van der Waals surface area (Å²) in [6, 6.07) is 0.111. The molecule has 1 unspecified atom stereocenters. The highest BCUT2D eigenvalue weighted by atomic mass is 35.5. The lowest BCUT2D eigenvalue weighted by Crippen LogP contribution is -2.61. The zero-order valence-corrected chi connectivity index (χ0v) is 9.69. The number of carbonyl (C=O) groups is 1. The molecule has 2 aliphatic heterocycles. The van der Waals surface area contributed by atoms with Gasteiger partial charge in [0, 0.05) is 12.1 Å². The summed E-state index contributed by atoms with van der Waals surface area (Å²) in [6.45, 7) is 6.24. The maximum absolute atomic E-state index is 11.9. The number of amides is 1. The third kappa shape index (κ3) is 1.89. The van der Waals surface area contributed by atoms with Crippen molar-refractivity contribution in [3.63, 3.8) is 0 Å². The lowest BCUT2D eigenvalue weighted by Gasteiger charge is -2.49. The van der Waals surface area contributed by atoms with Gasteiger partial charge >= 0.3 is 0 Å². The molecular weight excluding hydrogens is 200 g/mol. The Morgan fingerprint density at radius 1 is 1.50 bits per heavy atom. The van der Waals surface area contributed by atoms with Crippen LogP contribution in [-0.4, -0.2) is 35.5 Å². The molecule has 14 heavy (non-hydrogen) atoms. The predicted octanol–water partition coefficient (Wildman–Crippen LogP) is 1.17. The van der Waals surface area contributed by atoms with Gasteiger partial charge in [-0.25, -0.2) is 0 Å². The van der Waals surface area contributed by atoms with Crippen LogP contribution >= 0.6 is 12.4 Å². The van der Waals surface area contributed by atoms with Crippen LogP contribution in [0, 0.1) is 0 Å². The first kappa shape index (κ1) is 11.8. The van der Waals surface area contributed by atoms with E-state index in [1.807, 2.05) is 4.90 Å². The third-order valence-corrected chi connectivity index (χ3v) is 3.30. The highest BCUT2D eigenvalue weighted by Crippen LogP contribution is 2.30. The van der Waals surface area contributed by atoms with Crippen LogP contribution in [0.25, 0.3) is 0 Å². The van der Waals surface area contributed by atoms with Gasteiger partial charge in [-0.1, -0.05) is 0 Å². The topological polar surface area (TPSA) is 32.3 Å². The van der Waals surface area contributed by atoms with Crippen LogP contribution in [0.5, 0.6) is 0 Å². The molecule has 0 spiro atoms. The molecule has 2 heterocycles. The largest absolute Gasteiger partial charge is 0.336 e. The number of nitrogens with zero attached hydrogens (tertiary/aromatic N) is 1. The molecule has 1 N–H and O–H groups in total. The number of hydrogen-bond acceptors (Lipinski definition) is 2. The van der Waals surface area contributed by atoms with Crippen LogP contribution in [0.4, 0.5) is 0 Å². The van der Waals surface area contributed by atoms with E-state index in [9.17, 15) is 4.79 Å². The Labute approximate surface area is 91.6 Å². The normalized spacial score (nSPS) is 29.3. The van der Waals surface area contributed by atoms with Crippen molar-refractivity contribution in [1.29, 1.82) is 0 Å². The first-order valence-electron chi connectivity index (χ1n) is 5.16. The van der Waals surface area contributed by atoms with Crippen molar-refractivity contribution in [1.82, 2.24) is 10.2 Å². The number of likely N-dealkylation sites (tertiary alicyclic amines) is 1. The fourth-order valence-electron chi connectivity index (χ4n) is 2.16. The van der Waals surface area contributed by atoms with Crippen molar-refractivity contribution < 1.29 is 4.79 Å². The number of rotatable bonds is 1. The van der Waals surface area contributed by atoms with E-state index >= 15 is 0 Å². The van der Waals surface area contributed by atoms with Gasteiger partial charge in [-0.2, -0.15) is 0 Å². The van der Waals surface area contributed by atoms with E-state index in [0.29, 0.717) is 5.91 Å². The van der Waals surface area contributed by atoms with E-state index in [1.165, 1.54) is 0 Å². The summed E-state index contributed by atoms with van der Waals surface area (Å²) in [5.41, 5.74) is 0.112. The molecule has 0 saturated carbocycles. The van der Waals surface area contributed by atoms with Gasteiger partial charge in [-0.3, -0.25) is 4.79 Å². The maximum atomic E-state index is 11.9. The van der Waals surface area contributed by atoms with Gasteiger partial charge in [0.25, 0.3) is 0 Å². The molecule has 1 atom stereocenters. The van der Waals surface area contributed by atoms with Crippen molar-refractivity contribution in [3.8, 4) is 0 Å². The van der Waals surface area contributed by atoms with Gasteiger partial charge in [0.1, 0.15) is 0 Å². The number of hydrogen-bond donors (Lipinski definition) is 1. The molecule has 82 valence electrons. The minimum absolute atomic E-state index is 0. The number of halogens is 1. The van der Waals surface area contributed by atoms with E-state index in [0.717, 1.165) is 32.4 Å². The highest BCUT2D eigenvalue weighted by molar-refractivity contribution is 5.85. The minimum atomic E-state index is 0. The Morgan fingerprint density at radius 2 is 2.21 bits per heavy atom.